The zero-order valence-electron chi connectivity index (χ0n) is 17.1. The van der Waals surface area contributed by atoms with Crippen LogP contribution in [0.4, 0.5) is 5.69 Å². The Morgan fingerprint density at radius 2 is 1.93 bits per heavy atom. The van der Waals surface area contributed by atoms with Crippen LogP contribution >= 0.6 is 11.8 Å². The first kappa shape index (κ1) is 20.9. The molecule has 3 aromatic rings. The Hall–Kier alpha value is -2.80. The zero-order valence-corrected chi connectivity index (χ0v) is 17.9. The van der Waals surface area contributed by atoms with Crippen LogP contribution in [0.3, 0.4) is 0 Å². The summed E-state index contributed by atoms with van der Waals surface area (Å²) in [4.78, 5) is 29.0. The number of ether oxygens (including phenoxy) is 1. The van der Waals surface area contributed by atoms with Crippen molar-refractivity contribution in [3.8, 4) is 0 Å². The molecular weight excluding hydrogens is 386 g/mol. The average Bonchev–Trinajstić information content (AvgIpc) is 3.05. The highest BCUT2D eigenvalue weighted by Gasteiger charge is 2.15. The Bertz CT molecular complexity index is 1060. The molecule has 0 unspecified atom stereocenters. The summed E-state index contributed by atoms with van der Waals surface area (Å²) in [6.07, 6.45) is 0. The number of nitrogens with zero attached hydrogens (tertiary/aromatic N) is 2. The van der Waals surface area contributed by atoms with Gasteiger partial charge in [0.05, 0.1) is 29.0 Å². The summed E-state index contributed by atoms with van der Waals surface area (Å²) >= 11 is 1.38. The molecule has 1 heterocycles. The summed E-state index contributed by atoms with van der Waals surface area (Å²) in [6.45, 7) is 8.86. The molecular formula is C22H25N3O3S. The van der Waals surface area contributed by atoms with Crippen molar-refractivity contribution >= 4 is 40.4 Å². The Labute approximate surface area is 174 Å². The predicted octanol–water partition coefficient (Wildman–Crippen LogP) is 4.58. The smallest absolute Gasteiger partial charge is 0.338 e. The van der Waals surface area contributed by atoms with Crippen molar-refractivity contribution in [2.75, 3.05) is 17.7 Å². The second-order valence-electron chi connectivity index (χ2n) is 6.72. The van der Waals surface area contributed by atoms with Crippen LogP contribution in [0.5, 0.6) is 0 Å². The number of carbonyl (C=O) groups is 2. The number of nitrogens with one attached hydrogen (secondary N) is 1. The number of amides is 1. The number of rotatable bonds is 7. The second-order valence-corrected chi connectivity index (χ2v) is 7.66. The van der Waals surface area contributed by atoms with Crippen molar-refractivity contribution in [2.24, 2.45) is 0 Å². The maximum Gasteiger partial charge on any atom is 0.338 e. The van der Waals surface area contributed by atoms with E-state index in [1.165, 1.54) is 11.8 Å². The summed E-state index contributed by atoms with van der Waals surface area (Å²) < 4.78 is 7.10. The molecule has 29 heavy (non-hydrogen) atoms. The minimum absolute atomic E-state index is 0.0797. The van der Waals surface area contributed by atoms with Gasteiger partial charge in [-0.1, -0.05) is 29.5 Å². The Kier molecular flexibility index (Phi) is 6.59. The molecule has 0 spiro atoms. The molecule has 2 aromatic carbocycles. The molecule has 1 amide bonds. The van der Waals surface area contributed by atoms with Crippen LogP contribution in [-0.2, 0) is 16.1 Å². The number of anilines is 1. The van der Waals surface area contributed by atoms with E-state index in [0.717, 1.165) is 39.5 Å². The molecule has 3 rings (SSSR count). The van der Waals surface area contributed by atoms with Gasteiger partial charge in [0.2, 0.25) is 5.91 Å². The first-order valence-corrected chi connectivity index (χ1v) is 10.6. The van der Waals surface area contributed by atoms with Crippen molar-refractivity contribution in [1.82, 2.24) is 9.55 Å². The molecule has 6 nitrogen and oxygen atoms in total. The maximum absolute atomic E-state index is 12.4. The largest absolute Gasteiger partial charge is 0.462 e. The van der Waals surface area contributed by atoms with E-state index in [9.17, 15) is 9.59 Å². The van der Waals surface area contributed by atoms with Crippen molar-refractivity contribution in [1.29, 1.82) is 0 Å². The molecule has 0 fully saturated rings. The second kappa shape index (κ2) is 9.13. The molecule has 1 N–H and O–H groups in total. The Morgan fingerprint density at radius 1 is 1.14 bits per heavy atom. The fraction of sp³-hybridized carbons (Fsp3) is 0.318. The first-order valence-electron chi connectivity index (χ1n) is 9.60. The van der Waals surface area contributed by atoms with Crippen molar-refractivity contribution in [2.45, 2.75) is 39.4 Å². The highest BCUT2D eigenvalue weighted by Crippen LogP contribution is 2.26. The van der Waals surface area contributed by atoms with Crippen molar-refractivity contribution in [3.05, 3.63) is 53.1 Å². The SMILES string of the molecule is CCOC(=O)c1ccc2c(c1)nc(SCC(=O)Nc1ccc(C)cc1C)n2CC. The molecule has 0 aliphatic carbocycles. The number of aromatic nitrogens is 2. The maximum atomic E-state index is 12.4. The molecule has 152 valence electrons. The van der Waals surface area contributed by atoms with Crippen LogP contribution in [0.1, 0.15) is 35.3 Å². The van der Waals surface area contributed by atoms with Gasteiger partial charge in [0.25, 0.3) is 0 Å². The lowest BCUT2D eigenvalue weighted by atomic mass is 10.1. The standard InChI is InChI=1S/C22H25N3O3S/c1-5-25-19-10-8-16(21(27)28-6-2)12-18(19)24-22(25)29-13-20(26)23-17-9-7-14(3)11-15(17)4/h7-12H,5-6,13H2,1-4H3,(H,23,26). The van der Waals surface area contributed by atoms with Crippen LogP contribution in [0.25, 0.3) is 11.0 Å². The van der Waals surface area contributed by atoms with Gasteiger partial charge in [-0.15, -0.1) is 0 Å². The number of fused-ring (bicyclic) bond motifs is 1. The Morgan fingerprint density at radius 3 is 2.62 bits per heavy atom. The van der Waals surface area contributed by atoms with Crippen molar-refractivity contribution in [3.63, 3.8) is 0 Å². The molecule has 0 saturated carbocycles. The molecule has 0 radical (unpaired) electrons. The fourth-order valence-corrected chi connectivity index (χ4v) is 4.01. The van der Waals surface area contributed by atoms with Gasteiger partial charge in [-0.3, -0.25) is 4.79 Å². The minimum Gasteiger partial charge on any atom is -0.462 e. The summed E-state index contributed by atoms with van der Waals surface area (Å²) in [7, 11) is 0. The summed E-state index contributed by atoms with van der Waals surface area (Å²) in [6, 6.07) is 11.3. The first-order chi connectivity index (χ1) is 13.9. The van der Waals surface area contributed by atoms with Gasteiger partial charge < -0.3 is 14.6 Å². The summed E-state index contributed by atoms with van der Waals surface area (Å²) in [5.74, 6) is -0.187. The van der Waals surface area contributed by atoms with E-state index in [4.69, 9.17) is 4.74 Å². The van der Waals surface area contributed by atoms with E-state index in [-0.39, 0.29) is 17.6 Å². The van der Waals surface area contributed by atoms with Crippen LogP contribution < -0.4 is 5.32 Å². The lowest BCUT2D eigenvalue weighted by molar-refractivity contribution is -0.113. The van der Waals surface area contributed by atoms with Crippen LogP contribution in [-0.4, -0.2) is 33.8 Å². The number of imidazole rings is 1. The lowest BCUT2D eigenvalue weighted by Crippen LogP contribution is -2.15. The van der Waals surface area contributed by atoms with Gasteiger partial charge in [-0.05, 0) is 57.5 Å². The molecule has 0 aliphatic rings. The van der Waals surface area contributed by atoms with Gasteiger partial charge in [-0.2, -0.15) is 0 Å². The average molecular weight is 412 g/mol. The van der Waals surface area contributed by atoms with Crippen molar-refractivity contribution < 1.29 is 14.3 Å². The Balaban J connectivity index is 1.75. The molecule has 0 bridgehead atoms. The van der Waals surface area contributed by atoms with E-state index >= 15 is 0 Å². The highest BCUT2D eigenvalue weighted by atomic mass is 32.2. The van der Waals surface area contributed by atoms with Crippen LogP contribution in [0, 0.1) is 13.8 Å². The third-order valence-electron chi connectivity index (χ3n) is 4.53. The van der Waals surface area contributed by atoms with Gasteiger partial charge in [0.1, 0.15) is 0 Å². The number of hydrogen-bond acceptors (Lipinski definition) is 5. The number of thioether (sulfide) groups is 1. The number of aryl methyl sites for hydroxylation is 3. The number of esters is 1. The van der Waals surface area contributed by atoms with Gasteiger partial charge in [0, 0.05) is 12.2 Å². The molecule has 7 heteroatoms. The van der Waals surface area contributed by atoms with E-state index < -0.39 is 0 Å². The summed E-state index contributed by atoms with van der Waals surface area (Å²) in [5, 5.41) is 3.71. The molecule has 0 saturated heterocycles. The zero-order chi connectivity index (χ0) is 21.0. The summed E-state index contributed by atoms with van der Waals surface area (Å²) in [5.41, 5.74) is 5.14. The quantitative estimate of drug-likeness (QED) is 0.455. The van der Waals surface area contributed by atoms with E-state index in [0.29, 0.717) is 12.2 Å². The normalized spacial score (nSPS) is 10.9. The number of carbonyl (C=O) groups excluding carboxylic acids is 2. The lowest BCUT2D eigenvalue weighted by Gasteiger charge is -2.09. The van der Waals surface area contributed by atoms with E-state index in [1.807, 2.05) is 49.6 Å². The molecule has 0 atom stereocenters. The van der Waals surface area contributed by atoms with E-state index in [2.05, 4.69) is 10.3 Å². The molecule has 0 aliphatic heterocycles. The van der Waals surface area contributed by atoms with Gasteiger partial charge in [0.15, 0.2) is 5.16 Å². The molecule has 1 aromatic heterocycles. The third-order valence-corrected chi connectivity index (χ3v) is 5.51. The van der Waals surface area contributed by atoms with Gasteiger partial charge in [-0.25, -0.2) is 9.78 Å². The van der Waals surface area contributed by atoms with Crippen LogP contribution in [0.2, 0.25) is 0 Å². The highest BCUT2D eigenvalue weighted by molar-refractivity contribution is 7.99. The predicted molar refractivity (Wildman–Crippen MR) is 117 cm³/mol. The third kappa shape index (κ3) is 4.79. The fourth-order valence-electron chi connectivity index (χ4n) is 3.14. The minimum atomic E-state index is -0.359. The topological polar surface area (TPSA) is 73.2 Å². The van der Waals surface area contributed by atoms with E-state index in [1.54, 1.807) is 19.1 Å². The monoisotopic (exact) mass is 411 g/mol. The number of benzene rings is 2. The van der Waals surface area contributed by atoms with Gasteiger partial charge >= 0.3 is 5.97 Å². The van der Waals surface area contributed by atoms with Crippen LogP contribution in [0.15, 0.2) is 41.6 Å². The number of hydrogen-bond donors (Lipinski definition) is 1.